The van der Waals surface area contributed by atoms with E-state index >= 15 is 0 Å². The number of hydrogen-bond donors (Lipinski definition) is 2. The molecule has 0 spiro atoms. The Balaban J connectivity index is 1.96. The molecule has 2 saturated carbocycles. The predicted octanol–water partition coefficient (Wildman–Crippen LogP) is 0.776. The van der Waals surface area contributed by atoms with Gasteiger partial charge in [-0.25, -0.2) is 0 Å². The van der Waals surface area contributed by atoms with E-state index in [1.807, 2.05) is 0 Å². The van der Waals surface area contributed by atoms with Crippen molar-refractivity contribution in [1.29, 1.82) is 0 Å². The zero-order chi connectivity index (χ0) is 7.84. The first-order chi connectivity index (χ1) is 5.31. The van der Waals surface area contributed by atoms with E-state index < -0.39 is 0 Å². The third-order valence-electron chi connectivity index (χ3n) is 3.42. The van der Waals surface area contributed by atoms with Gasteiger partial charge in [0.15, 0.2) is 0 Å². The van der Waals surface area contributed by atoms with E-state index in [2.05, 4.69) is 0 Å². The zero-order valence-electron chi connectivity index (χ0n) is 6.74. The minimum absolute atomic E-state index is 0.0506. The van der Waals surface area contributed by atoms with Gasteiger partial charge in [-0.15, -0.1) is 0 Å². The van der Waals surface area contributed by atoms with Gasteiger partial charge >= 0.3 is 0 Å². The van der Waals surface area contributed by atoms with Crippen molar-refractivity contribution in [2.75, 3.05) is 6.61 Å². The molecule has 64 valence electrons. The Morgan fingerprint density at radius 3 is 2.55 bits per heavy atom. The van der Waals surface area contributed by atoms with Crippen LogP contribution in [0.2, 0.25) is 0 Å². The summed E-state index contributed by atoms with van der Waals surface area (Å²) < 4.78 is 0. The van der Waals surface area contributed by atoms with Gasteiger partial charge in [-0.1, -0.05) is 0 Å². The van der Waals surface area contributed by atoms with Crippen LogP contribution in [0.4, 0.5) is 0 Å². The highest BCUT2D eigenvalue weighted by Crippen LogP contribution is 2.49. The molecule has 0 saturated heterocycles. The molecule has 2 nitrogen and oxygen atoms in total. The molecular weight excluding hydrogens is 140 g/mol. The van der Waals surface area contributed by atoms with Gasteiger partial charge in [-0.05, 0) is 43.4 Å². The first-order valence-corrected chi connectivity index (χ1v) is 4.60. The van der Waals surface area contributed by atoms with Gasteiger partial charge in [0, 0.05) is 6.61 Å². The summed E-state index contributed by atoms with van der Waals surface area (Å²) in [4.78, 5) is 0. The molecule has 0 aromatic rings. The van der Waals surface area contributed by atoms with Gasteiger partial charge in [0.2, 0.25) is 0 Å². The van der Waals surface area contributed by atoms with Crippen LogP contribution in [0.15, 0.2) is 0 Å². The third kappa shape index (κ3) is 1.18. The van der Waals surface area contributed by atoms with Gasteiger partial charge in [0.25, 0.3) is 0 Å². The third-order valence-corrected chi connectivity index (χ3v) is 3.42. The summed E-state index contributed by atoms with van der Waals surface area (Å²) in [5, 5.41) is 18.3. The maximum Gasteiger partial charge on any atom is 0.0573 e. The lowest BCUT2D eigenvalue weighted by atomic mass is 9.85. The number of aliphatic hydroxyl groups is 2. The van der Waals surface area contributed by atoms with Crippen molar-refractivity contribution >= 4 is 0 Å². The molecule has 0 aromatic heterocycles. The van der Waals surface area contributed by atoms with Crippen LogP contribution >= 0.6 is 0 Å². The van der Waals surface area contributed by atoms with Crippen molar-refractivity contribution in [3.8, 4) is 0 Å². The molecule has 0 radical (unpaired) electrons. The standard InChI is InChI=1S/C9H16O2/c10-2-1-7-3-6-4-8(7)9(11)5-6/h6-11H,1-5H2/t6-,7+,8-,9?/m0/s1. The highest BCUT2D eigenvalue weighted by Gasteiger charge is 2.44. The van der Waals surface area contributed by atoms with Crippen molar-refractivity contribution < 1.29 is 10.2 Å². The summed E-state index contributed by atoms with van der Waals surface area (Å²) in [6, 6.07) is 0. The summed E-state index contributed by atoms with van der Waals surface area (Å²) >= 11 is 0. The van der Waals surface area contributed by atoms with Gasteiger partial charge in [0.05, 0.1) is 6.10 Å². The predicted molar refractivity (Wildman–Crippen MR) is 42.0 cm³/mol. The van der Waals surface area contributed by atoms with Crippen LogP contribution in [-0.2, 0) is 0 Å². The molecule has 2 rings (SSSR count). The van der Waals surface area contributed by atoms with E-state index in [-0.39, 0.29) is 6.10 Å². The summed E-state index contributed by atoms with van der Waals surface area (Å²) in [7, 11) is 0. The van der Waals surface area contributed by atoms with E-state index in [9.17, 15) is 5.11 Å². The van der Waals surface area contributed by atoms with Crippen molar-refractivity contribution in [2.45, 2.75) is 31.8 Å². The van der Waals surface area contributed by atoms with Crippen LogP contribution in [0.25, 0.3) is 0 Å². The minimum Gasteiger partial charge on any atom is -0.396 e. The minimum atomic E-state index is -0.0506. The van der Waals surface area contributed by atoms with Gasteiger partial charge < -0.3 is 10.2 Å². The fourth-order valence-electron chi connectivity index (χ4n) is 2.95. The molecule has 1 unspecified atom stereocenters. The molecule has 0 aromatic carbocycles. The lowest BCUT2D eigenvalue weighted by Crippen LogP contribution is -2.24. The Bertz CT molecular complexity index is 146. The highest BCUT2D eigenvalue weighted by atomic mass is 16.3. The summed E-state index contributed by atoms with van der Waals surface area (Å²) in [5.74, 6) is 1.91. The normalized spacial score (nSPS) is 48.5. The summed E-state index contributed by atoms with van der Waals surface area (Å²) in [5.41, 5.74) is 0. The molecule has 2 heteroatoms. The van der Waals surface area contributed by atoms with Crippen LogP contribution in [0.5, 0.6) is 0 Å². The van der Waals surface area contributed by atoms with Crippen LogP contribution in [0, 0.1) is 17.8 Å². The maximum atomic E-state index is 9.53. The second kappa shape index (κ2) is 2.76. The molecule has 11 heavy (non-hydrogen) atoms. The molecule has 4 atom stereocenters. The number of aliphatic hydroxyl groups excluding tert-OH is 2. The Morgan fingerprint density at radius 2 is 2.00 bits per heavy atom. The van der Waals surface area contributed by atoms with E-state index in [1.165, 1.54) is 12.8 Å². The van der Waals surface area contributed by atoms with Gasteiger partial charge in [-0.3, -0.25) is 0 Å². The number of fused-ring (bicyclic) bond motifs is 2. The SMILES string of the molecule is OCC[C@@H]1C[C@@H]2CC(O)[C@H]1C2. The Morgan fingerprint density at radius 1 is 1.18 bits per heavy atom. The smallest absolute Gasteiger partial charge is 0.0573 e. The quantitative estimate of drug-likeness (QED) is 0.620. The Hall–Kier alpha value is -0.0800. The van der Waals surface area contributed by atoms with E-state index in [1.54, 1.807) is 0 Å². The van der Waals surface area contributed by atoms with Crippen molar-refractivity contribution in [3.63, 3.8) is 0 Å². The van der Waals surface area contributed by atoms with Crippen LogP contribution in [0.3, 0.4) is 0 Å². The van der Waals surface area contributed by atoms with Gasteiger partial charge in [-0.2, -0.15) is 0 Å². The average Bonchev–Trinajstić information content (AvgIpc) is 2.46. The second-order valence-corrected chi connectivity index (χ2v) is 4.08. The van der Waals surface area contributed by atoms with Crippen LogP contribution < -0.4 is 0 Å². The Labute approximate surface area is 67.2 Å². The molecule has 0 heterocycles. The molecule has 2 aliphatic carbocycles. The second-order valence-electron chi connectivity index (χ2n) is 4.08. The first-order valence-electron chi connectivity index (χ1n) is 4.60. The lowest BCUT2D eigenvalue weighted by Gasteiger charge is -2.25. The molecule has 2 bridgehead atoms. The molecule has 2 fully saturated rings. The van der Waals surface area contributed by atoms with Crippen molar-refractivity contribution in [1.82, 2.24) is 0 Å². The number of hydrogen-bond acceptors (Lipinski definition) is 2. The fraction of sp³-hybridized carbons (Fsp3) is 1.00. The lowest BCUT2D eigenvalue weighted by molar-refractivity contribution is 0.0709. The van der Waals surface area contributed by atoms with Crippen molar-refractivity contribution in [3.05, 3.63) is 0 Å². The monoisotopic (exact) mass is 156 g/mol. The first kappa shape index (κ1) is 7.56. The molecule has 0 aliphatic heterocycles. The van der Waals surface area contributed by atoms with E-state index in [0.717, 1.165) is 18.8 Å². The maximum absolute atomic E-state index is 9.53. The average molecular weight is 156 g/mol. The number of rotatable bonds is 2. The fourth-order valence-corrected chi connectivity index (χ4v) is 2.95. The molecule has 2 aliphatic rings. The molecular formula is C9H16O2. The topological polar surface area (TPSA) is 40.5 Å². The zero-order valence-corrected chi connectivity index (χ0v) is 6.74. The summed E-state index contributed by atoms with van der Waals surface area (Å²) in [6.45, 7) is 0.292. The van der Waals surface area contributed by atoms with Crippen LogP contribution in [0.1, 0.15) is 25.7 Å². The van der Waals surface area contributed by atoms with E-state index in [0.29, 0.717) is 18.4 Å². The van der Waals surface area contributed by atoms with E-state index in [4.69, 9.17) is 5.11 Å². The van der Waals surface area contributed by atoms with Gasteiger partial charge in [0.1, 0.15) is 0 Å². The highest BCUT2D eigenvalue weighted by molar-refractivity contribution is 4.95. The molecule has 2 N–H and O–H groups in total. The largest absolute Gasteiger partial charge is 0.396 e. The molecule has 0 amide bonds. The van der Waals surface area contributed by atoms with Crippen molar-refractivity contribution in [2.24, 2.45) is 17.8 Å². The Kier molecular flexibility index (Phi) is 1.90. The summed E-state index contributed by atoms with van der Waals surface area (Å²) in [6.07, 6.45) is 4.34. The van der Waals surface area contributed by atoms with Crippen LogP contribution in [-0.4, -0.2) is 22.9 Å².